The van der Waals surface area contributed by atoms with Gasteiger partial charge in [-0.2, -0.15) is 0 Å². The Balaban J connectivity index is 2.81. The van der Waals surface area contributed by atoms with Gasteiger partial charge in [0.2, 0.25) is 0 Å². The van der Waals surface area contributed by atoms with Crippen molar-refractivity contribution in [3.8, 4) is 0 Å². The van der Waals surface area contributed by atoms with E-state index in [2.05, 4.69) is 13.0 Å². The van der Waals surface area contributed by atoms with Crippen LogP contribution in [-0.2, 0) is 11.3 Å². The van der Waals surface area contributed by atoms with E-state index in [9.17, 15) is 0 Å². The van der Waals surface area contributed by atoms with Gasteiger partial charge in [0.15, 0.2) is 0 Å². The monoisotopic (exact) mass is 227 g/mol. The summed E-state index contributed by atoms with van der Waals surface area (Å²) in [6.45, 7) is 3.43. The highest BCUT2D eigenvalue weighted by Crippen LogP contribution is 2.25. The van der Waals surface area contributed by atoms with Gasteiger partial charge in [-0.15, -0.1) is 0 Å². The molecule has 1 atom stereocenters. The van der Waals surface area contributed by atoms with Crippen molar-refractivity contribution in [2.75, 3.05) is 13.7 Å². The van der Waals surface area contributed by atoms with E-state index in [0.717, 1.165) is 17.0 Å². The molecule has 1 aromatic carbocycles. The molecule has 0 aliphatic rings. The van der Waals surface area contributed by atoms with E-state index in [1.54, 1.807) is 7.11 Å². The first kappa shape index (κ1) is 12.5. The molecule has 0 heterocycles. The summed E-state index contributed by atoms with van der Waals surface area (Å²) in [5.41, 5.74) is 7.80. The summed E-state index contributed by atoms with van der Waals surface area (Å²) < 4.78 is 5.05. The zero-order valence-corrected chi connectivity index (χ0v) is 10.1. The average Bonchev–Trinajstić information content (AvgIpc) is 2.21. The Bertz CT molecular complexity index is 314. The van der Waals surface area contributed by atoms with Gasteiger partial charge < -0.3 is 10.5 Å². The van der Waals surface area contributed by atoms with Gasteiger partial charge in [-0.25, -0.2) is 0 Å². The molecular formula is C12H18ClNO. The summed E-state index contributed by atoms with van der Waals surface area (Å²) in [4.78, 5) is 0. The predicted molar refractivity (Wildman–Crippen MR) is 64.3 cm³/mol. The topological polar surface area (TPSA) is 35.2 Å². The first-order valence-electron chi connectivity index (χ1n) is 5.16. The molecule has 3 heteroatoms. The third-order valence-electron chi connectivity index (χ3n) is 2.55. The van der Waals surface area contributed by atoms with Gasteiger partial charge >= 0.3 is 0 Å². The fraction of sp³-hybridized carbons (Fsp3) is 0.500. The van der Waals surface area contributed by atoms with E-state index < -0.39 is 0 Å². The zero-order chi connectivity index (χ0) is 11.3. The molecule has 15 heavy (non-hydrogen) atoms. The molecule has 0 spiro atoms. The Hall–Kier alpha value is -0.570. The fourth-order valence-electron chi connectivity index (χ4n) is 1.56. The van der Waals surface area contributed by atoms with E-state index in [4.69, 9.17) is 22.1 Å². The smallest absolute Gasteiger partial charge is 0.0727 e. The van der Waals surface area contributed by atoms with E-state index in [1.807, 2.05) is 12.1 Å². The molecule has 0 aliphatic carbocycles. The zero-order valence-electron chi connectivity index (χ0n) is 9.29. The van der Waals surface area contributed by atoms with Gasteiger partial charge in [-0.3, -0.25) is 0 Å². The van der Waals surface area contributed by atoms with Crippen LogP contribution >= 0.6 is 11.6 Å². The molecule has 0 aliphatic heterocycles. The molecule has 2 N–H and O–H groups in total. The highest BCUT2D eigenvalue weighted by Gasteiger charge is 2.07. The van der Waals surface area contributed by atoms with Gasteiger partial charge in [0.1, 0.15) is 0 Å². The average molecular weight is 228 g/mol. The maximum atomic E-state index is 6.14. The second-order valence-electron chi connectivity index (χ2n) is 3.76. The second kappa shape index (κ2) is 6.11. The highest BCUT2D eigenvalue weighted by atomic mass is 35.5. The van der Waals surface area contributed by atoms with Crippen LogP contribution in [0.4, 0.5) is 0 Å². The minimum absolute atomic E-state index is 0.462. The lowest BCUT2D eigenvalue weighted by atomic mass is 9.97. The molecular weight excluding hydrogens is 210 g/mol. The van der Waals surface area contributed by atoms with Crippen LogP contribution in [0.1, 0.15) is 30.4 Å². The first-order chi connectivity index (χ1) is 7.19. The molecule has 0 radical (unpaired) electrons. The quantitative estimate of drug-likeness (QED) is 0.840. The molecule has 2 nitrogen and oxygen atoms in total. The lowest BCUT2D eigenvalue weighted by molar-refractivity contribution is 0.185. The van der Waals surface area contributed by atoms with Crippen LogP contribution in [0.25, 0.3) is 0 Å². The fourth-order valence-corrected chi connectivity index (χ4v) is 1.80. The van der Waals surface area contributed by atoms with Crippen molar-refractivity contribution >= 4 is 11.6 Å². The SMILES string of the molecule is COCc1ccc(C(C)CCN)cc1Cl. The molecule has 0 saturated carbocycles. The van der Waals surface area contributed by atoms with Gasteiger partial charge in [-0.1, -0.05) is 30.7 Å². The van der Waals surface area contributed by atoms with Crippen molar-refractivity contribution in [1.29, 1.82) is 0 Å². The minimum atomic E-state index is 0.462. The lowest BCUT2D eigenvalue weighted by Crippen LogP contribution is -2.04. The van der Waals surface area contributed by atoms with Crippen LogP contribution in [0.2, 0.25) is 5.02 Å². The van der Waals surface area contributed by atoms with Gasteiger partial charge in [-0.05, 0) is 36.1 Å². The number of halogens is 1. The molecule has 0 amide bonds. The molecule has 1 rings (SSSR count). The van der Waals surface area contributed by atoms with Crippen molar-refractivity contribution in [2.45, 2.75) is 25.9 Å². The molecule has 1 aromatic rings. The van der Waals surface area contributed by atoms with E-state index in [1.165, 1.54) is 5.56 Å². The molecule has 84 valence electrons. The summed E-state index contributed by atoms with van der Waals surface area (Å²) in [6, 6.07) is 6.13. The maximum absolute atomic E-state index is 6.14. The molecule has 0 saturated heterocycles. The van der Waals surface area contributed by atoms with Crippen molar-refractivity contribution in [3.63, 3.8) is 0 Å². The largest absolute Gasteiger partial charge is 0.380 e. The Morgan fingerprint density at radius 3 is 2.73 bits per heavy atom. The Kier molecular flexibility index (Phi) is 5.09. The lowest BCUT2D eigenvalue weighted by Gasteiger charge is -2.12. The number of nitrogens with two attached hydrogens (primary N) is 1. The number of methoxy groups -OCH3 is 1. The summed E-state index contributed by atoms with van der Waals surface area (Å²) in [5.74, 6) is 0.462. The van der Waals surface area contributed by atoms with Crippen LogP contribution in [0.5, 0.6) is 0 Å². The molecule has 0 aromatic heterocycles. The Morgan fingerprint density at radius 2 is 2.20 bits per heavy atom. The maximum Gasteiger partial charge on any atom is 0.0727 e. The van der Waals surface area contributed by atoms with E-state index in [-0.39, 0.29) is 0 Å². The third kappa shape index (κ3) is 3.49. The van der Waals surface area contributed by atoms with Gasteiger partial charge in [0.25, 0.3) is 0 Å². The first-order valence-corrected chi connectivity index (χ1v) is 5.54. The number of hydrogen-bond donors (Lipinski definition) is 1. The summed E-state index contributed by atoms with van der Waals surface area (Å²) in [6.07, 6.45) is 0.986. The molecule has 0 bridgehead atoms. The molecule has 0 fully saturated rings. The summed E-state index contributed by atoms with van der Waals surface area (Å²) in [5, 5.41) is 0.776. The predicted octanol–water partition coefficient (Wildman–Crippen LogP) is 2.94. The van der Waals surface area contributed by atoms with E-state index >= 15 is 0 Å². The van der Waals surface area contributed by atoms with Crippen molar-refractivity contribution in [3.05, 3.63) is 34.3 Å². The van der Waals surface area contributed by atoms with Gasteiger partial charge in [0, 0.05) is 12.1 Å². The Labute approximate surface area is 96.4 Å². The highest BCUT2D eigenvalue weighted by molar-refractivity contribution is 6.31. The van der Waals surface area contributed by atoms with Crippen molar-refractivity contribution < 1.29 is 4.74 Å². The van der Waals surface area contributed by atoms with Gasteiger partial charge in [0.05, 0.1) is 6.61 Å². The molecule has 1 unspecified atom stereocenters. The van der Waals surface area contributed by atoms with Crippen molar-refractivity contribution in [1.82, 2.24) is 0 Å². The van der Waals surface area contributed by atoms with Crippen LogP contribution in [0.15, 0.2) is 18.2 Å². The second-order valence-corrected chi connectivity index (χ2v) is 4.17. The standard InChI is InChI=1S/C12H18ClNO/c1-9(5-6-14)10-3-4-11(8-15-2)12(13)7-10/h3-4,7,9H,5-6,8,14H2,1-2H3. The number of rotatable bonds is 5. The minimum Gasteiger partial charge on any atom is -0.380 e. The normalized spacial score (nSPS) is 12.8. The number of benzene rings is 1. The van der Waals surface area contributed by atoms with Crippen LogP contribution in [0, 0.1) is 0 Å². The van der Waals surface area contributed by atoms with Crippen LogP contribution in [-0.4, -0.2) is 13.7 Å². The van der Waals surface area contributed by atoms with Crippen molar-refractivity contribution in [2.24, 2.45) is 5.73 Å². The van der Waals surface area contributed by atoms with Crippen LogP contribution in [0.3, 0.4) is 0 Å². The number of ether oxygens (including phenoxy) is 1. The number of hydrogen-bond acceptors (Lipinski definition) is 2. The third-order valence-corrected chi connectivity index (χ3v) is 2.90. The van der Waals surface area contributed by atoms with Crippen LogP contribution < -0.4 is 5.73 Å². The summed E-state index contributed by atoms with van der Waals surface area (Å²) in [7, 11) is 1.67. The Morgan fingerprint density at radius 1 is 1.47 bits per heavy atom. The summed E-state index contributed by atoms with van der Waals surface area (Å²) >= 11 is 6.14. The van der Waals surface area contributed by atoms with E-state index in [0.29, 0.717) is 19.1 Å².